The molecule has 1 aromatic heterocycles. The normalized spacial score (nSPS) is 12.2. The van der Waals surface area contributed by atoms with Gasteiger partial charge in [-0.1, -0.05) is 60.1 Å². The Morgan fingerprint density at radius 2 is 1.70 bits per heavy atom. The van der Waals surface area contributed by atoms with Crippen LogP contribution >= 0.6 is 23.4 Å². The fourth-order valence-corrected chi connectivity index (χ4v) is 6.90. The highest BCUT2D eigenvalue weighted by molar-refractivity contribution is 7.99. The number of aromatic carboxylic acids is 1. The first kappa shape index (κ1) is 30.6. The van der Waals surface area contributed by atoms with E-state index in [9.17, 15) is 13.2 Å². The highest BCUT2D eigenvalue weighted by Gasteiger charge is 2.19. The first-order chi connectivity index (χ1) is 20.8. The molecule has 2 N–H and O–H groups in total. The van der Waals surface area contributed by atoms with Gasteiger partial charge in [0.2, 0.25) is 10.0 Å². The van der Waals surface area contributed by atoms with Gasteiger partial charge in [-0.15, -0.1) is 0 Å². The van der Waals surface area contributed by atoms with Gasteiger partial charge < -0.3 is 9.84 Å². The molecule has 1 heterocycles. The molecular weight excluding hydrogens is 604 g/mol. The number of nitrogens with zero attached hydrogens (tertiary/aromatic N) is 1. The minimum atomic E-state index is -3.76. The summed E-state index contributed by atoms with van der Waals surface area (Å²) >= 11 is 7.55. The molecule has 0 aliphatic rings. The monoisotopic (exact) mass is 632 g/mol. The van der Waals surface area contributed by atoms with Crippen molar-refractivity contribution in [2.75, 3.05) is 12.3 Å². The number of hydrogen-bond donors (Lipinski definition) is 2. The van der Waals surface area contributed by atoms with E-state index in [1.54, 1.807) is 48.2 Å². The van der Waals surface area contributed by atoms with Crippen LogP contribution in [0.15, 0.2) is 114 Å². The Hall–Kier alpha value is -3.89. The number of hydrogen-bond acceptors (Lipinski definition) is 6. The highest BCUT2D eigenvalue weighted by Crippen LogP contribution is 2.32. The quantitative estimate of drug-likeness (QED) is 0.142. The third-order valence-corrected chi connectivity index (χ3v) is 9.74. The lowest BCUT2D eigenvalue weighted by Crippen LogP contribution is -2.28. The van der Waals surface area contributed by atoms with Crippen LogP contribution in [0.1, 0.15) is 32.4 Å². The number of carbonyl (C=O) groups is 1. The summed E-state index contributed by atoms with van der Waals surface area (Å²) in [4.78, 5) is 16.0. The summed E-state index contributed by atoms with van der Waals surface area (Å²) in [6.07, 6.45) is 0.689. The van der Waals surface area contributed by atoms with E-state index in [1.165, 1.54) is 12.1 Å². The fraction of sp³-hybridized carbons (Fsp3) is 0.152. The smallest absolute Gasteiger partial charge is 0.335 e. The number of halogens is 1. The van der Waals surface area contributed by atoms with Crippen LogP contribution in [0.3, 0.4) is 0 Å². The third kappa shape index (κ3) is 8.36. The molecule has 5 aromatic rings. The summed E-state index contributed by atoms with van der Waals surface area (Å²) in [5, 5.41) is 10.5. The number of fused-ring (bicyclic) bond motifs is 1. The molecule has 0 spiro atoms. The van der Waals surface area contributed by atoms with Crippen LogP contribution in [0.4, 0.5) is 0 Å². The van der Waals surface area contributed by atoms with Crippen LogP contribution in [0.25, 0.3) is 10.9 Å². The van der Waals surface area contributed by atoms with Gasteiger partial charge in [0.15, 0.2) is 0 Å². The van der Waals surface area contributed by atoms with Crippen LogP contribution in [0.5, 0.6) is 5.75 Å². The Bertz CT molecular complexity index is 1810. The van der Waals surface area contributed by atoms with E-state index in [4.69, 9.17) is 21.4 Å². The molecule has 1 unspecified atom stereocenters. The van der Waals surface area contributed by atoms with Crippen molar-refractivity contribution < 1.29 is 23.1 Å². The predicted octanol–water partition coefficient (Wildman–Crippen LogP) is 7.16. The summed E-state index contributed by atoms with van der Waals surface area (Å²) in [7, 11) is -3.76. The SMILES string of the molecule is O=C(O)c1ccc(CCSC(CNS(=O)(=O)c2ccc(Cl)cc2)c2cccc(OCc3ccc4ccccc4n3)c2)cc1. The predicted molar refractivity (Wildman–Crippen MR) is 171 cm³/mol. The molecule has 0 amide bonds. The van der Waals surface area contributed by atoms with Gasteiger partial charge in [0, 0.05) is 22.2 Å². The molecule has 0 aliphatic carbocycles. The maximum Gasteiger partial charge on any atom is 0.335 e. The van der Waals surface area contributed by atoms with Crippen molar-refractivity contribution in [3.63, 3.8) is 0 Å². The average molecular weight is 633 g/mol. The number of aryl methyl sites for hydroxylation is 1. The maximum absolute atomic E-state index is 13.0. The number of para-hydroxylation sites is 1. The van der Waals surface area contributed by atoms with Gasteiger partial charge in [0.05, 0.1) is 21.7 Å². The molecule has 1 atom stereocenters. The standard InChI is InChI=1S/C33H29ClN2O5S2/c34-27-13-16-30(17-14-27)43(39,40)35-21-32(42-19-18-23-8-10-25(11-9-23)33(37)38)26-5-3-6-29(20-26)41-22-28-15-12-24-4-1-2-7-31(24)36-28/h1-17,20,32,35H,18-19,21-22H2,(H,37,38). The van der Waals surface area contributed by atoms with E-state index in [0.29, 0.717) is 29.6 Å². The molecule has 0 saturated carbocycles. The maximum atomic E-state index is 13.0. The molecule has 7 nitrogen and oxygen atoms in total. The number of rotatable bonds is 13. The Morgan fingerprint density at radius 1 is 0.930 bits per heavy atom. The summed E-state index contributed by atoms with van der Waals surface area (Å²) in [6, 6.07) is 32.3. The zero-order valence-electron chi connectivity index (χ0n) is 23.0. The molecule has 0 saturated heterocycles. The van der Waals surface area contributed by atoms with Gasteiger partial charge >= 0.3 is 5.97 Å². The van der Waals surface area contributed by atoms with Crippen LogP contribution in [-0.4, -0.2) is 36.8 Å². The van der Waals surface area contributed by atoms with Crippen molar-refractivity contribution in [2.45, 2.75) is 23.2 Å². The minimum absolute atomic E-state index is 0.138. The largest absolute Gasteiger partial charge is 0.487 e. The van der Waals surface area contributed by atoms with Crippen molar-refractivity contribution in [1.29, 1.82) is 0 Å². The Balaban J connectivity index is 1.29. The number of nitrogens with one attached hydrogen (secondary N) is 1. The number of thioether (sulfide) groups is 1. The van der Waals surface area contributed by atoms with Gasteiger partial charge in [0.25, 0.3) is 0 Å². The van der Waals surface area contributed by atoms with Crippen LogP contribution in [-0.2, 0) is 23.1 Å². The van der Waals surface area contributed by atoms with Crippen LogP contribution in [0, 0.1) is 0 Å². The molecular formula is C33H29ClN2O5S2. The highest BCUT2D eigenvalue weighted by atomic mass is 35.5. The lowest BCUT2D eigenvalue weighted by atomic mass is 10.1. The van der Waals surface area contributed by atoms with Crippen molar-refractivity contribution in [1.82, 2.24) is 9.71 Å². The number of aromatic nitrogens is 1. The fourth-order valence-electron chi connectivity index (χ4n) is 4.44. The summed E-state index contributed by atoms with van der Waals surface area (Å²) in [5.41, 5.74) is 3.85. The molecule has 4 aromatic carbocycles. The zero-order valence-corrected chi connectivity index (χ0v) is 25.4. The number of pyridine rings is 1. The van der Waals surface area contributed by atoms with Gasteiger partial charge in [-0.3, -0.25) is 0 Å². The third-order valence-electron chi connectivity index (χ3n) is 6.77. The Morgan fingerprint density at radius 3 is 2.47 bits per heavy atom. The molecule has 220 valence electrons. The lowest BCUT2D eigenvalue weighted by Gasteiger charge is -2.19. The van der Waals surface area contributed by atoms with Crippen molar-refractivity contribution in [3.05, 3.63) is 137 Å². The topological polar surface area (TPSA) is 106 Å². The molecule has 0 aliphatic heterocycles. The van der Waals surface area contributed by atoms with Gasteiger partial charge in [-0.05, 0) is 84.0 Å². The van der Waals surface area contributed by atoms with E-state index in [2.05, 4.69) is 9.71 Å². The molecule has 43 heavy (non-hydrogen) atoms. The van der Waals surface area contributed by atoms with Gasteiger partial charge in [-0.25, -0.2) is 22.9 Å². The van der Waals surface area contributed by atoms with E-state index in [1.807, 2.05) is 60.7 Å². The molecule has 0 fully saturated rings. The van der Waals surface area contributed by atoms with Crippen molar-refractivity contribution >= 4 is 50.3 Å². The Labute approximate surface area is 259 Å². The molecule has 10 heteroatoms. The first-order valence-electron chi connectivity index (χ1n) is 13.5. The van der Waals surface area contributed by atoms with Gasteiger partial charge in [0.1, 0.15) is 12.4 Å². The zero-order chi connectivity index (χ0) is 30.2. The van der Waals surface area contributed by atoms with E-state index < -0.39 is 16.0 Å². The average Bonchev–Trinajstić information content (AvgIpc) is 3.02. The number of sulfonamides is 1. The van der Waals surface area contributed by atoms with E-state index >= 15 is 0 Å². The molecule has 5 rings (SSSR count). The second kappa shape index (κ2) is 14.1. The van der Waals surface area contributed by atoms with Gasteiger partial charge in [-0.2, -0.15) is 11.8 Å². The number of carboxylic acid groups (broad SMARTS) is 1. The second-order valence-electron chi connectivity index (χ2n) is 9.77. The van der Waals surface area contributed by atoms with Crippen molar-refractivity contribution in [3.8, 4) is 5.75 Å². The lowest BCUT2D eigenvalue weighted by molar-refractivity contribution is 0.0697. The summed E-state index contributed by atoms with van der Waals surface area (Å²) < 4.78 is 34.9. The summed E-state index contributed by atoms with van der Waals surface area (Å²) in [6.45, 7) is 0.449. The van der Waals surface area contributed by atoms with E-state index in [-0.39, 0.29) is 22.3 Å². The number of carboxylic acids is 1. The Kier molecular flexibility index (Phi) is 9.99. The molecule has 0 bridgehead atoms. The van der Waals surface area contributed by atoms with E-state index in [0.717, 1.165) is 27.7 Å². The number of ether oxygens (including phenoxy) is 1. The van der Waals surface area contributed by atoms with Crippen LogP contribution in [0.2, 0.25) is 5.02 Å². The number of benzene rings is 4. The minimum Gasteiger partial charge on any atom is -0.487 e. The van der Waals surface area contributed by atoms with Crippen molar-refractivity contribution in [2.24, 2.45) is 0 Å². The van der Waals surface area contributed by atoms with Crippen LogP contribution < -0.4 is 9.46 Å². The molecule has 0 radical (unpaired) electrons. The second-order valence-corrected chi connectivity index (χ2v) is 13.3. The first-order valence-corrected chi connectivity index (χ1v) is 16.4. The summed E-state index contributed by atoms with van der Waals surface area (Å²) in [5.74, 6) is 0.376.